The molecule has 0 spiro atoms. The molecule has 0 unspecified atom stereocenters. The Morgan fingerprint density at radius 3 is 2.76 bits per heavy atom. The lowest BCUT2D eigenvalue weighted by Gasteiger charge is -2.17. The first-order valence-electron chi connectivity index (χ1n) is 5.32. The highest BCUT2D eigenvalue weighted by Gasteiger charge is 2.40. The van der Waals surface area contributed by atoms with E-state index in [2.05, 4.69) is 15.9 Å². The molecular formula is C12H12BrF2NO. The first-order chi connectivity index (χ1) is 7.89. The summed E-state index contributed by atoms with van der Waals surface area (Å²) in [5.74, 6) is -3.08. The topological polar surface area (TPSA) is 20.3 Å². The smallest absolute Gasteiger partial charge is 0.267 e. The van der Waals surface area contributed by atoms with Gasteiger partial charge in [0.05, 0.1) is 12.1 Å². The van der Waals surface area contributed by atoms with Crippen molar-refractivity contribution >= 4 is 21.8 Å². The second-order valence-electron chi connectivity index (χ2n) is 4.32. The normalized spacial score (nSPS) is 18.5. The maximum atomic E-state index is 13.0. The van der Waals surface area contributed by atoms with Crippen LogP contribution in [0.5, 0.6) is 0 Å². The molecule has 0 aliphatic carbocycles. The van der Waals surface area contributed by atoms with Gasteiger partial charge in [-0.1, -0.05) is 11.6 Å². The van der Waals surface area contributed by atoms with Crippen LogP contribution >= 0.6 is 15.9 Å². The van der Waals surface area contributed by atoms with E-state index in [1.165, 1.54) is 4.90 Å². The average Bonchev–Trinajstić information content (AvgIpc) is 2.61. The van der Waals surface area contributed by atoms with Crippen molar-refractivity contribution in [1.29, 1.82) is 0 Å². The van der Waals surface area contributed by atoms with Crippen LogP contribution in [0.4, 0.5) is 8.78 Å². The summed E-state index contributed by atoms with van der Waals surface area (Å²) in [6, 6.07) is 5.33. The van der Waals surface area contributed by atoms with E-state index < -0.39 is 12.5 Å². The molecule has 5 heteroatoms. The van der Waals surface area contributed by atoms with Gasteiger partial charge < -0.3 is 4.90 Å². The van der Waals surface area contributed by atoms with Crippen LogP contribution < -0.4 is 0 Å². The minimum absolute atomic E-state index is 0.117. The van der Waals surface area contributed by atoms with Gasteiger partial charge >= 0.3 is 0 Å². The molecule has 0 aromatic heterocycles. The predicted molar refractivity (Wildman–Crippen MR) is 64.3 cm³/mol. The third-order valence-electron chi connectivity index (χ3n) is 2.81. The number of nitrogens with zero attached hydrogens (tertiary/aromatic N) is 1. The van der Waals surface area contributed by atoms with E-state index in [1.54, 1.807) is 12.1 Å². The third-order valence-corrected chi connectivity index (χ3v) is 3.50. The number of hydrogen-bond donors (Lipinski definition) is 0. The maximum absolute atomic E-state index is 13.0. The number of amides is 1. The number of hydrogen-bond acceptors (Lipinski definition) is 1. The van der Waals surface area contributed by atoms with E-state index in [0.29, 0.717) is 10.0 Å². The Morgan fingerprint density at radius 2 is 2.18 bits per heavy atom. The SMILES string of the molecule is Cc1ccc(Br)c(C(=O)N2CCC(F)(F)C2)c1. The van der Waals surface area contributed by atoms with Gasteiger partial charge in [-0.2, -0.15) is 0 Å². The molecule has 2 nitrogen and oxygen atoms in total. The van der Waals surface area contributed by atoms with Crippen LogP contribution in [0.1, 0.15) is 22.3 Å². The molecule has 0 bridgehead atoms. The van der Waals surface area contributed by atoms with Crippen molar-refractivity contribution in [3.8, 4) is 0 Å². The largest absolute Gasteiger partial charge is 0.332 e. The number of alkyl halides is 2. The number of carbonyl (C=O) groups is 1. The zero-order valence-corrected chi connectivity index (χ0v) is 10.9. The molecule has 1 aliphatic heterocycles. The number of benzene rings is 1. The summed E-state index contributed by atoms with van der Waals surface area (Å²) in [4.78, 5) is 13.3. The van der Waals surface area contributed by atoms with E-state index in [0.717, 1.165) is 5.56 Å². The van der Waals surface area contributed by atoms with Crippen molar-refractivity contribution in [1.82, 2.24) is 4.90 Å². The molecule has 1 heterocycles. The number of likely N-dealkylation sites (tertiary alicyclic amines) is 1. The van der Waals surface area contributed by atoms with Crippen molar-refractivity contribution in [3.05, 3.63) is 33.8 Å². The van der Waals surface area contributed by atoms with Gasteiger partial charge in [-0.25, -0.2) is 8.78 Å². The third kappa shape index (κ3) is 2.65. The molecular weight excluding hydrogens is 292 g/mol. The average molecular weight is 304 g/mol. The van der Waals surface area contributed by atoms with E-state index in [9.17, 15) is 13.6 Å². The lowest BCUT2D eigenvalue weighted by atomic mass is 10.1. The number of rotatable bonds is 1. The number of aryl methyl sites for hydroxylation is 1. The Kier molecular flexibility index (Phi) is 3.21. The maximum Gasteiger partial charge on any atom is 0.267 e. The van der Waals surface area contributed by atoms with Crippen molar-refractivity contribution in [2.45, 2.75) is 19.3 Å². The molecule has 0 saturated carbocycles. The summed E-state index contributed by atoms with van der Waals surface area (Å²) in [5.41, 5.74) is 1.38. The van der Waals surface area contributed by atoms with Gasteiger partial charge in [-0.3, -0.25) is 4.79 Å². The van der Waals surface area contributed by atoms with Crippen molar-refractivity contribution < 1.29 is 13.6 Å². The molecule has 1 aliphatic rings. The van der Waals surface area contributed by atoms with Crippen LogP contribution in [0.25, 0.3) is 0 Å². The fraction of sp³-hybridized carbons (Fsp3) is 0.417. The molecule has 1 saturated heterocycles. The quantitative estimate of drug-likeness (QED) is 0.780. The van der Waals surface area contributed by atoms with Gasteiger partial charge in [0.15, 0.2) is 0 Å². The second kappa shape index (κ2) is 4.37. The van der Waals surface area contributed by atoms with Gasteiger partial charge in [0.1, 0.15) is 0 Å². The molecule has 0 radical (unpaired) electrons. The number of carbonyl (C=O) groups excluding carboxylic acids is 1. The highest BCUT2D eigenvalue weighted by atomic mass is 79.9. The van der Waals surface area contributed by atoms with E-state index in [1.807, 2.05) is 13.0 Å². The monoisotopic (exact) mass is 303 g/mol. The van der Waals surface area contributed by atoms with Crippen LogP contribution in [0.3, 0.4) is 0 Å². The highest BCUT2D eigenvalue weighted by Crippen LogP contribution is 2.29. The Balaban J connectivity index is 2.23. The Morgan fingerprint density at radius 1 is 1.47 bits per heavy atom. The molecule has 1 aromatic rings. The Labute approximate surface area is 107 Å². The Bertz CT molecular complexity index is 462. The van der Waals surface area contributed by atoms with Crippen LogP contribution in [-0.4, -0.2) is 29.8 Å². The zero-order valence-electron chi connectivity index (χ0n) is 9.34. The lowest BCUT2D eigenvalue weighted by molar-refractivity contribution is 0.0120. The first kappa shape index (κ1) is 12.5. The Hall–Kier alpha value is -0.970. The standard InChI is InChI=1S/C12H12BrF2NO/c1-8-2-3-10(13)9(6-8)11(17)16-5-4-12(14,15)7-16/h2-3,6H,4-5,7H2,1H3. The van der Waals surface area contributed by atoms with Crippen LogP contribution in [0, 0.1) is 6.92 Å². The predicted octanol–water partition coefficient (Wildman–Crippen LogP) is 3.24. The highest BCUT2D eigenvalue weighted by molar-refractivity contribution is 9.10. The molecule has 1 amide bonds. The van der Waals surface area contributed by atoms with Gasteiger partial charge in [-0.05, 0) is 35.0 Å². The van der Waals surface area contributed by atoms with Gasteiger partial charge in [0.2, 0.25) is 0 Å². The van der Waals surface area contributed by atoms with Crippen LogP contribution in [0.15, 0.2) is 22.7 Å². The second-order valence-corrected chi connectivity index (χ2v) is 5.17. The summed E-state index contributed by atoms with van der Waals surface area (Å²) >= 11 is 3.27. The fourth-order valence-electron chi connectivity index (χ4n) is 1.88. The zero-order chi connectivity index (χ0) is 12.6. The van der Waals surface area contributed by atoms with Gasteiger partial charge in [-0.15, -0.1) is 0 Å². The summed E-state index contributed by atoms with van der Waals surface area (Å²) in [6.45, 7) is 1.50. The summed E-state index contributed by atoms with van der Waals surface area (Å²) in [7, 11) is 0. The molecule has 0 atom stereocenters. The molecule has 1 fully saturated rings. The van der Waals surface area contributed by atoms with E-state index in [-0.39, 0.29) is 18.9 Å². The van der Waals surface area contributed by atoms with Crippen molar-refractivity contribution in [2.75, 3.05) is 13.1 Å². The fourth-order valence-corrected chi connectivity index (χ4v) is 2.30. The van der Waals surface area contributed by atoms with Crippen LogP contribution in [-0.2, 0) is 0 Å². The van der Waals surface area contributed by atoms with E-state index >= 15 is 0 Å². The molecule has 0 N–H and O–H groups in total. The minimum atomic E-state index is -2.74. The van der Waals surface area contributed by atoms with Gasteiger partial charge in [0, 0.05) is 17.4 Å². The summed E-state index contributed by atoms with van der Waals surface area (Å²) in [6.07, 6.45) is -0.248. The van der Waals surface area contributed by atoms with Gasteiger partial charge in [0.25, 0.3) is 11.8 Å². The minimum Gasteiger partial charge on any atom is -0.332 e. The van der Waals surface area contributed by atoms with Crippen LogP contribution in [0.2, 0.25) is 0 Å². The first-order valence-corrected chi connectivity index (χ1v) is 6.12. The molecule has 2 rings (SSSR count). The summed E-state index contributed by atoms with van der Waals surface area (Å²) in [5, 5.41) is 0. The van der Waals surface area contributed by atoms with Crippen molar-refractivity contribution in [3.63, 3.8) is 0 Å². The van der Waals surface area contributed by atoms with Crippen molar-refractivity contribution in [2.24, 2.45) is 0 Å². The van der Waals surface area contributed by atoms with E-state index in [4.69, 9.17) is 0 Å². The molecule has 1 aromatic carbocycles. The lowest BCUT2D eigenvalue weighted by Crippen LogP contribution is -2.31. The molecule has 92 valence electrons. The number of halogens is 3. The summed E-state index contributed by atoms with van der Waals surface area (Å²) < 4.78 is 26.7. The molecule has 17 heavy (non-hydrogen) atoms.